The number of hydrogen-bond acceptors (Lipinski definition) is 6. The van der Waals surface area contributed by atoms with Crippen LogP contribution in [0, 0.1) is 0 Å². The van der Waals surface area contributed by atoms with Gasteiger partial charge in [-0.3, -0.25) is 0 Å². The molecule has 0 atom stereocenters. The van der Waals surface area contributed by atoms with Crippen LogP contribution in [0.3, 0.4) is 0 Å². The molecule has 0 aliphatic carbocycles. The number of aromatic nitrogens is 3. The molecule has 4 aromatic carbocycles. The van der Waals surface area contributed by atoms with E-state index in [4.69, 9.17) is 13.8 Å². The zero-order valence-corrected chi connectivity index (χ0v) is 22.4. The van der Waals surface area contributed by atoms with Gasteiger partial charge in [-0.05, 0) is 53.6 Å². The van der Waals surface area contributed by atoms with Crippen molar-refractivity contribution in [2.75, 3.05) is 0 Å². The van der Waals surface area contributed by atoms with E-state index in [0.29, 0.717) is 41.5 Å². The van der Waals surface area contributed by atoms with Gasteiger partial charge in [-0.15, -0.1) is 0 Å². The molecule has 198 valence electrons. The molecule has 0 amide bonds. The van der Waals surface area contributed by atoms with Crippen molar-refractivity contribution < 1.29 is 18.3 Å². The molecule has 6 rings (SSSR count). The molecule has 2 aromatic heterocycles. The van der Waals surface area contributed by atoms with E-state index in [1.54, 1.807) is 42.7 Å². The summed E-state index contributed by atoms with van der Waals surface area (Å²) >= 11 is 0. The third-order valence-corrected chi connectivity index (χ3v) is 8.06. The molecule has 40 heavy (non-hydrogen) atoms. The quantitative estimate of drug-likeness (QED) is 0.171. The third kappa shape index (κ3) is 5.90. The maximum atomic E-state index is 14.1. The highest BCUT2D eigenvalue weighted by Gasteiger charge is 2.31. The first-order valence-corrected chi connectivity index (χ1v) is 14.4. The van der Waals surface area contributed by atoms with Gasteiger partial charge in [0.1, 0.15) is 18.1 Å². The van der Waals surface area contributed by atoms with Crippen LogP contribution in [-0.2, 0) is 17.7 Å². The Labute approximate surface area is 232 Å². The summed E-state index contributed by atoms with van der Waals surface area (Å²) in [5, 5.41) is 0.460. The summed E-state index contributed by atoms with van der Waals surface area (Å²) in [4.78, 5) is 9.02. The minimum absolute atomic E-state index is 0.443. The minimum Gasteiger partial charge on any atom is -0.473 e. The first-order valence-electron chi connectivity index (χ1n) is 12.8. The normalized spacial score (nSPS) is 11.3. The summed E-state index contributed by atoms with van der Waals surface area (Å²) in [6.45, 7) is 1.00. The Morgan fingerprint density at radius 1 is 0.650 bits per heavy atom. The molecule has 7 nitrogen and oxygen atoms in total. The molecule has 2 heterocycles. The van der Waals surface area contributed by atoms with Crippen molar-refractivity contribution in [3.63, 3.8) is 0 Å². The summed E-state index contributed by atoms with van der Waals surface area (Å²) < 4.78 is 33.8. The molecule has 0 aliphatic heterocycles. The summed E-state index contributed by atoms with van der Waals surface area (Å²) in [5.41, 5.74) is 3.57. The molecular weight excluding hydrogens is 521 g/mol. The Morgan fingerprint density at radius 3 is 1.88 bits per heavy atom. The number of nitrogens with zero attached hydrogens (tertiary/aromatic N) is 3. The van der Waals surface area contributed by atoms with Gasteiger partial charge in [0.05, 0.1) is 17.1 Å². The molecule has 0 saturated carbocycles. The largest absolute Gasteiger partial charge is 0.473 e. The minimum atomic E-state index is -3.72. The standard InChI is InChI=1S/C32H26N3O4P/c36-40(38-27-12-6-2-7-13-27,39-28-14-8-3-9-15-28)29-18-16-25(17-19-29)22-35-24-33-32-30(35)20-21-31(34-32)37-23-26-10-4-1-5-11-26/h1-21,24H,22-23H2. The number of imidazole rings is 1. The van der Waals surface area contributed by atoms with Crippen LogP contribution in [0.2, 0.25) is 0 Å². The van der Waals surface area contributed by atoms with Crippen LogP contribution >= 0.6 is 7.60 Å². The molecule has 8 heteroatoms. The molecule has 0 saturated heterocycles. The first-order chi connectivity index (χ1) is 19.6. The second-order valence-corrected chi connectivity index (χ2v) is 11.0. The van der Waals surface area contributed by atoms with E-state index < -0.39 is 7.60 Å². The van der Waals surface area contributed by atoms with Crippen molar-refractivity contribution in [1.82, 2.24) is 14.5 Å². The van der Waals surface area contributed by atoms with Gasteiger partial charge in [0.2, 0.25) is 5.88 Å². The molecule has 0 fully saturated rings. The van der Waals surface area contributed by atoms with Crippen LogP contribution in [0.5, 0.6) is 17.4 Å². The maximum absolute atomic E-state index is 14.1. The molecule has 0 spiro atoms. The fourth-order valence-corrected chi connectivity index (χ4v) is 5.77. The zero-order valence-electron chi connectivity index (χ0n) is 21.5. The smallest absolute Gasteiger partial charge is 0.462 e. The Hall–Kier alpha value is -4.87. The molecule has 6 aromatic rings. The van der Waals surface area contributed by atoms with Gasteiger partial charge in [-0.25, -0.2) is 9.55 Å². The zero-order chi connectivity index (χ0) is 27.2. The van der Waals surface area contributed by atoms with Gasteiger partial charge < -0.3 is 18.4 Å². The van der Waals surface area contributed by atoms with Gasteiger partial charge >= 0.3 is 7.60 Å². The molecule has 0 bridgehead atoms. The fourth-order valence-electron chi connectivity index (χ4n) is 4.21. The van der Waals surface area contributed by atoms with Crippen LogP contribution < -0.4 is 19.1 Å². The molecular formula is C32H26N3O4P. The highest BCUT2D eigenvalue weighted by atomic mass is 31.2. The van der Waals surface area contributed by atoms with E-state index in [1.807, 2.05) is 95.6 Å². The molecule has 0 N–H and O–H groups in total. The topological polar surface area (TPSA) is 75.5 Å². The highest BCUT2D eigenvalue weighted by Crippen LogP contribution is 2.47. The maximum Gasteiger partial charge on any atom is 0.462 e. The summed E-state index contributed by atoms with van der Waals surface area (Å²) in [6.07, 6.45) is 1.76. The van der Waals surface area contributed by atoms with Gasteiger partial charge in [0.15, 0.2) is 5.65 Å². The van der Waals surface area contributed by atoms with Crippen molar-refractivity contribution in [3.05, 3.63) is 145 Å². The predicted octanol–water partition coefficient (Wildman–Crippen LogP) is 7.04. The van der Waals surface area contributed by atoms with E-state index in [0.717, 1.165) is 16.6 Å². The Bertz CT molecular complexity index is 1700. The van der Waals surface area contributed by atoms with Crippen molar-refractivity contribution in [1.29, 1.82) is 0 Å². The van der Waals surface area contributed by atoms with Crippen LogP contribution in [0.1, 0.15) is 11.1 Å². The second-order valence-electron chi connectivity index (χ2n) is 9.11. The summed E-state index contributed by atoms with van der Waals surface area (Å²) in [5.74, 6) is 1.46. The molecule has 0 radical (unpaired) electrons. The van der Waals surface area contributed by atoms with Crippen LogP contribution in [0.4, 0.5) is 0 Å². The van der Waals surface area contributed by atoms with Crippen molar-refractivity contribution >= 4 is 24.1 Å². The SMILES string of the molecule is O=P(Oc1ccccc1)(Oc1ccccc1)c1ccc(Cn2cnc3nc(OCc4ccccc4)ccc32)cc1. The lowest BCUT2D eigenvalue weighted by Crippen LogP contribution is -2.15. The van der Waals surface area contributed by atoms with E-state index in [2.05, 4.69) is 9.97 Å². The number of benzene rings is 4. The summed E-state index contributed by atoms with van der Waals surface area (Å²) in [6, 6.07) is 39.3. The number of ether oxygens (including phenoxy) is 1. The number of para-hydroxylation sites is 2. The third-order valence-electron chi connectivity index (χ3n) is 6.23. The predicted molar refractivity (Wildman–Crippen MR) is 155 cm³/mol. The molecule has 0 aliphatic rings. The van der Waals surface area contributed by atoms with Gasteiger partial charge in [0.25, 0.3) is 0 Å². The van der Waals surface area contributed by atoms with E-state index in [-0.39, 0.29) is 0 Å². The number of fused-ring (bicyclic) bond motifs is 1. The van der Waals surface area contributed by atoms with Gasteiger partial charge in [-0.2, -0.15) is 4.98 Å². The average molecular weight is 548 g/mol. The molecule has 0 unspecified atom stereocenters. The van der Waals surface area contributed by atoms with Gasteiger partial charge in [0, 0.05) is 12.6 Å². The first kappa shape index (κ1) is 25.4. The number of hydrogen-bond donors (Lipinski definition) is 0. The summed E-state index contributed by atoms with van der Waals surface area (Å²) in [7, 11) is -3.72. The number of rotatable bonds is 10. The van der Waals surface area contributed by atoms with Crippen molar-refractivity contribution in [2.45, 2.75) is 13.2 Å². The fraction of sp³-hybridized carbons (Fsp3) is 0.0625. The lowest BCUT2D eigenvalue weighted by Gasteiger charge is -2.20. The lowest BCUT2D eigenvalue weighted by atomic mass is 10.2. The van der Waals surface area contributed by atoms with Crippen molar-refractivity contribution in [3.8, 4) is 17.4 Å². The average Bonchev–Trinajstić information content (AvgIpc) is 3.39. The highest BCUT2D eigenvalue weighted by molar-refractivity contribution is 7.63. The van der Waals surface area contributed by atoms with Crippen LogP contribution in [0.25, 0.3) is 11.2 Å². The lowest BCUT2D eigenvalue weighted by molar-refractivity contribution is 0.295. The van der Waals surface area contributed by atoms with Crippen molar-refractivity contribution in [2.24, 2.45) is 0 Å². The monoisotopic (exact) mass is 547 g/mol. The Balaban J connectivity index is 1.19. The van der Waals surface area contributed by atoms with Gasteiger partial charge in [-0.1, -0.05) is 78.9 Å². The van der Waals surface area contributed by atoms with E-state index >= 15 is 0 Å². The Kier molecular flexibility index (Phi) is 7.29. The van der Waals surface area contributed by atoms with Crippen LogP contribution in [0.15, 0.2) is 134 Å². The number of pyridine rings is 1. The van der Waals surface area contributed by atoms with Crippen LogP contribution in [-0.4, -0.2) is 14.5 Å². The second kappa shape index (κ2) is 11.5. The Morgan fingerprint density at radius 2 is 1.25 bits per heavy atom. The van der Waals surface area contributed by atoms with E-state index in [1.165, 1.54) is 0 Å². The van der Waals surface area contributed by atoms with E-state index in [9.17, 15) is 4.57 Å².